The first-order chi connectivity index (χ1) is 13.0. The van der Waals surface area contributed by atoms with Crippen molar-refractivity contribution in [2.75, 3.05) is 0 Å². The Kier molecular flexibility index (Phi) is 4.09. The number of hydrogen-bond acceptors (Lipinski definition) is 6. The number of Topliss-reactive ketones (excluding diaryl/α,β-unsaturated/α-hetero) is 2. The number of ether oxygens (including phenoxy) is 1. The molecule has 4 rings (SSSR count). The van der Waals surface area contributed by atoms with E-state index >= 15 is 0 Å². The molecule has 6 heteroatoms. The third-order valence-electron chi connectivity index (χ3n) is 7.90. The Hall–Kier alpha value is -1.79. The lowest BCUT2D eigenvalue weighted by Gasteiger charge is -2.55. The highest BCUT2D eigenvalue weighted by molar-refractivity contribution is 6.19. The Morgan fingerprint density at radius 3 is 2.39 bits per heavy atom. The van der Waals surface area contributed by atoms with E-state index in [0.29, 0.717) is 12.8 Å². The number of fused-ring (bicyclic) bond motifs is 2. The molecule has 152 valence electrons. The van der Waals surface area contributed by atoms with E-state index in [-0.39, 0.29) is 28.8 Å². The maximum atomic E-state index is 13.5. The Balaban J connectivity index is 1.97. The fraction of sp³-hybridized carbons (Fsp3) is 0.682. The highest BCUT2D eigenvalue weighted by Gasteiger charge is 2.71. The molecule has 4 aliphatic rings. The third kappa shape index (κ3) is 2.19. The van der Waals surface area contributed by atoms with Crippen LogP contribution >= 0.6 is 0 Å². The number of carbonyl (C=O) groups excluding carboxylic acids is 3. The lowest BCUT2D eigenvalue weighted by Crippen LogP contribution is -2.61. The number of esters is 1. The molecule has 0 aromatic heterocycles. The molecule has 2 N–H and O–H groups in total. The molecule has 0 amide bonds. The number of aliphatic hydroxyl groups is 2. The van der Waals surface area contributed by atoms with Gasteiger partial charge in [0.05, 0.1) is 5.41 Å². The Bertz CT molecular complexity index is 840. The summed E-state index contributed by atoms with van der Waals surface area (Å²) >= 11 is 0. The molecule has 4 aliphatic carbocycles. The van der Waals surface area contributed by atoms with E-state index in [4.69, 9.17) is 4.74 Å². The van der Waals surface area contributed by atoms with Gasteiger partial charge < -0.3 is 14.9 Å². The van der Waals surface area contributed by atoms with Crippen LogP contribution < -0.4 is 0 Å². The van der Waals surface area contributed by atoms with Crippen LogP contribution in [-0.2, 0) is 19.1 Å². The zero-order valence-corrected chi connectivity index (χ0v) is 16.8. The van der Waals surface area contributed by atoms with Crippen molar-refractivity contribution >= 4 is 17.5 Å². The lowest BCUT2D eigenvalue weighted by molar-refractivity contribution is -0.160. The van der Waals surface area contributed by atoms with Crippen molar-refractivity contribution in [2.24, 2.45) is 28.6 Å². The highest BCUT2D eigenvalue weighted by atomic mass is 16.6. The van der Waals surface area contributed by atoms with E-state index in [1.54, 1.807) is 0 Å². The maximum Gasteiger partial charge on any atom is 0.303 e. The summed E-state index contributed by atoms with van der Waals surface area (Å²) in [7, 11) is 0. The minimum atomic E-state index is -1.38. The van der Waals surface area contributed by atoms with E-state index in [1.807, 2.05) is 20.8 Å². The standard InChI is InChI=1S/C22H28O6/c1-9-6-7-21(5)14(11(9)3)16(24)18(28-12(4)23)13-15(21)17(25)20(27)22(19(13)26)8-10(22)2/h9-10,14,16,18,20,24,27H,3,6-8H2,1-2,4-5H3/t9-,10+,14+,16+,18+,20-,21+,22-/m1/s1. The predicted molar refractivity (Wildman–Crippen MR) is 100.0 cm³/mol. The average Bonchev–Trinajstić information content (AvgIpc) is 3.29. The minimum Gasteiger partial charge on any atom is -0.455 e. The second-order valence-corrected chi connectivity index (χ2v) is 9.46. The van der Waals surface area contributed by atoms with Crippen molar-refractivity contribution < 1.29 is 29.3 Å². The van der Waals surface area contributed by atoms with E-state index in [0.717, 1.165) is 12.0 Å². The molecule has 0 bridgehead atoms. The first kappa shape index (κ1) is 19.5. The van der Waals surface area contributed by atoms with Crippen LogP contribution in [-0.4, -0.2) is 46.1 Å². The summed E-state index contributed by atoms with van der Waals surface area (Å²) in [6.45, 7) is 11.1. The number of ketones is 2. The van der Waals surface area contributed by atoms with Crippen LogP contribution in [0.2, 0.25) is 0 Å². The highest BCUT2D eigenvalue weighted by Crippen LogP contribution is 2.65. The predicted octanol–water partition coefficient (Wildman–Crippen LogP) is 1.74. The smallest absolute Gasteiger partial charge is 0.303 e. The van der Waals surface area contributed by atoms with Gasteiger partial charge in [0.25, 0.3) is 0 Å². The van der Waals surface area contributed by atoms with Gasteiger partial charge in [-0.05, 0) is 31.1 Å². The second-order valence-electron chi connectivity index (χ2n) is 9.46. The monoisotopic (exact) mass is 388 g/mol. The topological polar surface area (TPSA) is 101 Å². The summed E-state index contributed by atoms with van der Waals surface area (Å²) in [6, 6.07) is 0. The van der Waals surface area contributed by atoms with Gasteiger partial charge in [0.1, 0.15) is 12.2 Å². The SMILES string of the molecule is C=C1[C@H](C)CC[C@]2(C)C3=C(C(=O)[C@]4(C[C@@H]4C)[C@H](O)C3=O)[C@H](OC(C)=O)[C@@H](O)[C@H]12. The lowest BCUT2D eigenvalue weighted by atomic mass is 9.50. The van der Waals surface area contributed by atoms with E-state index in [1.165, 1.54) is 6.92 Å². The second kappa shape index (κ2) is 5.86. The van der Waals surface area contributed by atoms with E-state index < -0.39 is 46.8 Å². The maximum absolute atomic E-state index is 13.5. The van der Waals surface area contributed by atoms with Gasteiger partial charge in [-0.25, -0.2) is 0 Å². The summed E-state index contributed by atoms with van der Waals surface area (Å²) in [5, 5.41) is 22.0. The molecule has 1 spiro atoms. The normalized spacial score (nSPS) is 47.7. The number of rotatable bonds is 1. The van der Waals surface area contributed by atoms with Gasteiger partial charge in [-0.2, -0.15) is 0 Å². The van der Waals surface area contributed by atoms with Crippen molar-refractivity contribution in [3.63, 3.8) is 0 Å². The van der Waals surface area contributed by atoms with Crippen LogP contribution in [0.4, 0.5) is 0 Å². The van der Waals surface area contributed by atoms with Crippen LogP contribution in [0.3, 0.4) is 0 Å². The summed E-state index contributed by atoms with van der Waals surface area (Å²) in [4.78, 5) is 38.7. The molecule has 0 saturated heterocycles. The van der Waals surface area contributed by atoms with Gasteiger partial charge >= 0.3 is 5.97 Å². The zero-order valence-electron chi connectivity index (χ0n) is 16.8. The summed E-state index contributed by atoms with van der Waals surface area (Å²) in [5.41, 5.74) is -0.828. The van der Waals surface area contributed by atoms with Crippen molar-refractivity contribution in [3.05, 3.63) is 23.3 Å². The van der Waals surface area contributed by atoms with Gasteiger partial charge in [0.2, 0.25) is 0 Å². The average molecular weight is 388 g/mol. The molecule has 28 heavy (non-hydrogen) atoms. The van der Waals surface area contributed by atoms with Crippen molar-refractivity contribution in [2.45, 2.75) is 65.3 Å². The molecular formula is C22H28O6. The summed E-state index contributed by atoms with van der Waals surface area (Å²) in [5.74, 6) is -1.95. The molecule has 0 heterocycles. The van der Waals surface area contributed by atoms with Crippen molar-refractivity contribution in [3.8, 4) is 0 Å². The molecule has 0 aromatic rings. The summed E-state index contributed by atoms with van der Waals surface area (Å²) < 4.78 is 5.42. The minimum absolute atomic E-state index is 0.100. The molecule has 0 unspecified atom stereocenters. The van der Waals surface area contributed by atoms with E-state index in [9.17, 15) is 24.6 Å². The van der Waals surface area contributed by atoms with E-state index in [2.05, 4.69) is 6.58 Å². The summed E-state index contributed by atoms with van der Waals surface area (Å²) in [6.07, 6.45) is -1.96. The third-order valence-corrected chi connectivity index (χ3v) is 7.90. The first-order valence-electron chi connectivity index (χ1n) is 10.0. The fourth-order valence-electron chi connectivity index (χ4n) is 6.10. The Morgan fingerprint density at radius 2 is 1.86 bits per heavy atom. The fourth-order valence-corrected chi connectivity index (χ4v) is 6.10. The molecule has 2 saturated carbocycles. The van der Waals surface area contributed by atoms with Gasteiger partial charge in [-0.1, -0.05) is 32.9 Å². The molecule has 8 atom stereocenters. The van der Waals surface area contributed by atoms with Gasteiger partial charge in [0, 0.05) is 29.4 Å². The first-order valence-corrected chi connectivity index (χ1v) is 10.0. The molecule has 2 fully saturated rings. The molecular weight excluding hydrogens is 360 g/mol. The molecule has 0 radical (unpaired) electrons. The molecule has 0 aromatic carbocycles. The number of carbonyl (C=O) groups is 3. The van der Waals surface area contributed by atoms with Crippen LogP contribution in [0, 0.1) is 28.6 Å². The Labute approximate surface area is 164 Å². The van der Waals surface area contributed by atoms with Crippen molar-refractivity contribution in [1.82, 2.24) is 0 Å². The Morgan fingerprint density at radius 1 is 1.25 bits per heavy atom. The molecule has 6 nitrogen and oxygen atoms in total. The van der Waals surface area contributed by atoms with Gasteiger partial charge in [0.15, 0.2) is 17.7 Å². The van der Waals surface area contributed by atoms with Crippen LogP contribution in [0.1, 0.15) is 47.0 Å². The molecule has 0 aliphatic heterocycles. The van der Waals surface area contributed by atoms with Gasteiger partial charge in [-0.3, -0.25) is 14.4 Å². The quantitative estimate of drug-likeness (QED) is 0.524. The zero-order chi connectivity index (χ0) is 20.8. The van der Waals surface area contributed by atoms with Crippen LogP contribution in [0.15, 0.2) is 23.3 Å². The van der Waals surface area contributed by atoms with Crippen LogP contribution in [0.25, 0.3) is 0 Å². The van der Waals surface area contributed by atoms with Crippen molar-refractivity contribution in [1.29, 1.82) is 0 Å². The van der Waals surface area contributed by atoms with Gasteiger partial charge in [-0.15, -0.1) is 0 Å². The van der Waals surface area contributed by atoms with Crippen LogP contribution in [0.5, 0.6) is 0 Å². The number of hydrogen-bond donors (Lipinski definition) is 2. The largest absolute Gasteiger partial charge is 0.455 e. The number of aliphatic hydroxyl groups excluding tert-OH is 2.